The van der Waals surface area contributed by atoms with Crippen LogP contribution in [-0.4, -0.2) is 40.2 Å². The monoisotopic (exact) mass is 398 g/mol. The molecule has 0 aliphatic carbocycles. The first-order valence-electron chi connectivity index (χ1n) is 8.48. The van der Waals surface area contributed by atoms with Crippen LogP contribution in [0.2, 0.25) is 0 Å². The molecule has 0 spiro atoms. The summed E-state index contributed by atoms with van der Waals surface area (Å²) < 4.78 is 10.5. The summed E-state index contributed by atoms with van der Waals surface area (Å²) in [5, 5.41) is 13.1. The summed E-state index contributed by atoms with van der Waals surface area (Å²) in [6.45, 7) is 3.66. The fourth-order valence-electron chi connectivity index (χ4n) is 3.18. The first-order chi connectivity index (χ1) is 13.4. The van der Waals surface area contributed by atoms with Crippen LogP contribution in [0.5, 0.6) is 11.6 Å². The predicted octanol–water partition coefficient (Wildman–Crippen LogP) is 2.89. The minimum absolute atomic E-state index is 0.307. The number of thiazole rings is 1. The van der Waals surface area contributed by atoms with Crippen LogP contribution in [0.4, 0.5) is 5.13 Å². The summed E-state index contributed by atoms with van der Waals surface area (Å²) in [6.07, 6.45) is 0.417. The highest BCUT2D eigenvalue weighted by atomic mass is 32.1. The van der Waals surface area contributed by atoms with E-state index < -0.39 is 6.23 Å². The van der Waals surface area contributed by atoms with E-state index in [0.717, 1.165) is 11.3 Å². The largest absolute Gasteiger partial charge is 0.491 e. The van der Waals surface area contributed by atoms with Gasteiger partial charge in [0, 0.05) is 17.1 Å². The molecule has 144 valence electrons. The van der Waals surface area contributed by atoms with Gasteiger partial charge in [-0.2, -0.15) is 0 Å². The van der Waals surface area contributed by atoms with Gasteiger partial charge in [-0.05, 0) is 31.5 Å². The van der Waals surface area contributed by atoms with Gasteiger partial charge in [-0.3, -0.25) is 9.69 Å². The first-order valence-corrected chi connectivity index (χ1v) is 9.36. The number of methoxy groups -OCH3 is 2. The topological polar surface area (TPSA) is 97.7 Å². The number of aliphatic hydroxyl groups is 1. The summed E-state index contributed by atoms with van der Waals surface area (Å²) in [4.78, 5) is 27.3. The number of hydrogen-bond donors (Lipinski definition) is 1. The van der Waals surface area contributed by atoms with Crippen molar-refractivity contribution in [2.24, 2.45) is 0 Å². The number of nitrogens with zero attached hydrogens (tertiary/aromatic N) is 4. The number of aromatic nitrogens is 3. The SMILES string of the molecule is COc1cc(-c2cc(C)c3c(n2)C(O)N(c2nc(C)cs2)C3=O)cnc1OC. The Bertz CT molecular complexity index is 1080. The van der Waals surface area contributed by atoms with Crippen LogP contribution in [-0.2, 0) is 0 Å². The van der Waals surface area contributed by atoms with Gasteiger partial charge in [0.15, 0.2) is 17.1 Å². The van der Waals surface area contributed by atoms with Gasteiger partial charge in [0.2, 0.25) is 0 Å². The maximum Gasteiger partial charge on any atom is 0.264 e. The lowest BCUT2D eigenvalue weighted by Crippen LogP contribution is -2.27. The van der Waals surface area contributed by atoms with E-state index in [9.17, 15) is 9.90 Å². The molecule has 9 heteroatoms. The number of rotatable bonds is 4. The molecule has 8 nitrogen and oxygen atoms in total. The third kappa shape index (κ3) is 2.79. The normalized spacial score (nSPS) is 15.7. The standard InChI is InChI=1S/C19H18N4O4S/c1-9-5-12(11-6-13(26-3)16(27-4)20-7-11)22-15-14(9)17(24)23(18(15)25)19-21-10(2)8-28-19/h5-8,18,25H,1-4H3. The molecular formula is C19H18N4O4S. The zero-order chi connectivity index (χ0) is 20.0. The van der Waals surface area contributed by atoms with Crippen LogP contribution in [0, 0.1) is 13.8 Å². The molecule has 0 saturated heterocycles. The van der Waals surface area contributed by atoms with Crippen molar-refractivity contribution >= 4 is 22.4 Å². The van der Waals surface area contributed by atoms with Crippen LogP contribution in [0.25, 0.3) is 11.3 Å². The van der Waals surface area contributed by atoms with Crippen LogP contribution in [0.3, 0.4) is 0 Å². The lowest BCUT2D eigenvalue weighted by molar-refractivity contribution is 0.0933. The van der Waals surface area contributed by atoms with Gasteiger partial charge in [-0.25, -0.2) is 15.0 Å². The van der Waals surface area contributed by atoms with Crippen molar-refractivity contribution in [1.82, 2.24) is 15.0 Å². The highest BCUT2D eigenvalue weighted by Crippen LogP contribution is 2.39. The molecule has 1 unspecified atom stereocenters. The van der Waals surface area contributed by atoms with E-state index in [2.05, 4.69) is 15.0 Å². The van der Waals surface area contributed by atoms with Crippen molar-refractivity contribution in [2.75, 3.05) is 19.1 Å². The molecule has 28 heavy (non-hydrogen) atoms. The van der Waals surface area contributed by atoms with E-state index in [1.54, 1.807) is 18.3 Å². The van der Waals surface area contributed by atoms with Gasteiger partial charge in [0.25, 0.3) is 11.8 Å². The van der Waals surface area contributed by atoms with Crippen LogP contribution < -0.4 is 14.4 Å². The van der Waals surface area contributed by atoms with Gasteiger partial charge in [-0.15, -0.1) is 11.3 Å². The molecular weight excluding hydrogens is 380 g/mol. The van der Waals surface area contributed by atoms with Crippen molar-refractivity contribution in [2.45, 2.75) is 20.1 Å². The highest BCUT2D eigenvalue weighted by Gasteiger charge is 2.41. The van der Waals surface area contributed by atoms with E-state index >= 15 is 0 Å². The average molecular weight is 398 g/mol. The van der Waals surface area contributed by atoms with Gasteiger partial charge in [-0.1, -0.05) is 0 Å². The summed E-state index contributed by atoms with van der Waals surface area (Å²) >= 11 is 1.31. The number of aliphatic hydroxyl groups excluding tert-OH is 1. The Morgan fingerprint density at radius 1 is 1.18 bits per heavy atom. The second kappa shape index (κ2) is 6.84. The number of ether oxygens (including phenoxy) is 2. The molecule has 1 atom stereocenters. The Kier molecular flexibility index (Phi) is 4.48. The number of fused-ring (bicyclic) bond motifs is 1. The summed E-state index contributed by atoms with van der Waals surface area (Å²) in [5.74, 6) is 0.528. The number of carbonyl (C=O) groups is 1. The Hall–Kier alpha value is -3.04. The average Bonchev–Trinajstić information content (AvgIpc) is 3.22. The van der Waals surface area contributed by atoms with E-state index in [-0.39, 0.29) is 5.91 Å². The smallest absolute Gasteiger partial charge is 0.264 e. The summed E-state index contributed by atoms with van der Waals surface area (Å²) in [6, 6.07) is 3.55. The van der Waals surface area contributed by atoms with Gasteiger partial charge in [0.1, 0.15) is 5.69 Å². The van der Waals surface area contributed by atoms with Gasteiger partial charge in [0.05, 0.1) is 31.2 Å². The molecule has 4 rings (SSSR count). The number of aryl methyl sites for hydroxylation is 2. The van der Waals surface area contributed by atoms with Crippen molar-refractivity contribution in [1.29, 1.82) is 0 Å². The van der Waals surface area contributed by atoms with Crippen molar-refractivity contribution < 1.29 is 19.4 Å². The Morgan fingerprint density at radius 2 is 1.96 bits per heavy atom. The number of pyridine rings is 2. The number of anilines is 1. The number of hydrogen-bond acceptors (Lipinski definition) is 8. The quantitative estimate of drug-likeness (QED) is 0.722. The molecule has 4 heterocycles. The second-order valence-electron chi connectivity index (χ2n) is 6.34. The number of amides is 1. The predicted molar refractivity (Wildman–Crippen MR) is 104 cm³/mol. The minimum atomic E-state index is -1.19. The molecule has 0 saturated carbocycles. The van der Waals surface area contributed by atoms with Gasteiger partial charge >= 0.3 is 0 Å². The molecule has 3 aromatic heterocycles. The van der Waals surface area contributed by atoms with Crippen molar-refractivity contribution in [3.63, 3.8) is 0 Å². The zero-order valence-corrected chi connectivity index (χ0v) is 16.6. The second-order valence-corrected chi connectivity index (χ2v) is 7.18. The third-order valence-corrected chi connectivity index (χ3v) is 5.46. The Labute approximate surface area is 165 Å². The fourth-order valence-corrected chi connectivity index (χ4v) is 4.00. The van der Waals surface area contributed by atoms with Crippen LogP contribution in [0.1, 0.15) is 33.5 Å². The van der Waals surface area contributed by atoms with E-state index in [4.69, 9.17) is 9.47 Å². The maximum atomic E-state index is 12.9. The molecule has 3 aromatic rings. The Morgan fingerprint density at radius 3 is 2.61 bits per heavy atom. The molecule has 0 radical (unpaired) electrons. The zero-order valence-electron chi connectivity index (χ0n) is 15.8. The Balaban J connectivity index is 1.80. The fraction of sp³-hybridized carbons (Fsp3) is 0.263. The van der Waals surface area contributed by atoms with Crippen LogP contribution >= 0.6 is 11.3 Å². The lowest BCUT2D eigenvalue weighted by Gasteiger charge is -2.16. The van der Waals surface area contributed by atoms with Crippen LogP contribution in [0.15, 0.2) is 23.7 Å². The highest BCUT2D eigenvalue weighted by molar-refractivity contribution is 7.14. The van der Waals surface area contributed by atoms with E-state index in [0.29, 0.717) is 39.3 Å². The number of carbonyl (C=O) groups excluding carboxylic acids is 1. The molecule has 1 aliphatic rings. The molecule has 1 aliphatic heterocycles. The molecule has 1 N–H and O–H groups in total. The lowest BCUT2D eigenvalue weighted by atomic mass is 10.0. The molecule has 1 amide bonds. The molecule has 0 aromatic carbocycles. The van der Waals surface area contributed by atoms with Gasteiger partial charge < -0.3 is 14.6 Å². The van der Waals surface area contributed by atoms with Crippen molar-refractivity contribution in [3.8, 4) is 22.9 Å². The van der Waals surface area contributed by atoms with E-state index in [1.807, 2.05) is 19.2 Å². The maximum absolute atomic E-state index is 12.9. The molecule has 0 fully saturated rings. The minimum Gasteiger partial charge on any atom is -0.491 e. The molecule has 0 bridgehead atoms. The van der Waals surface area contributed by atoms with E-state index in [1.165, 1.54) is 30.5 Å². The summed E-state index contributed by atoms with van der Waals surface area (Å²) in [7, 11) is 3.04. The summed E-state index contributed by atoms with van der Waals surface area (Å²) in [5.41, 5.74) is 3.48. The van der Waals surface area contributed by atoms with Crippen molar-refractivity contribution in [3.05, 3.63) is 46.2 Å². The first kappa shape index (κ1) is 18.3. The third-order valence-electron chi connectivity index (χ3n) is 4.51.